The summed E-state index contributed by atoms with van der Waals surface area (Å²) in [5.41, 5.74) is 16.0. The van der Waals surface area contributed by atoms with Crippen LogP contribution in [0.3, 0.4) is 0 Å². The number of aryl methyl sites for hydroxylation is 2. The minimum atomic E-state index is -1.67. The van der Waals surface area contributed by atoms with E-state index in [0.717, 1.165) is 61.6 Å². The van der Waals surface area contributed by atoms with E-state index in [9.17, 15) is 30.0 Å². The molecule has 0 unspecified atom stereocenters. The Labute approximate surface area is 312 Å². The second-order valence-corrected chi connectivity index (χ2v) is 13.2. The first kappa shape index (κ1) is 43.1. The van der Waals surface area contributed by atoms with E-state index in [1.54, 1.807) is 0 Å². The first-order valence-corrected chi connectivity index (χ1v) is 18.5. The summed E-state index contributed by atoms with van der Waals surface area (Å²) in [6.07, 6.45) is 4.20. The lowest BCUT2D eigenvalue weighted by atomic mass is 9.99. The molecule has 53 heavy (non-hydrogen) atoms. The number of nitrogens with two attached hydrogens (primary N) is 2. The summed E-state index contributed by atoms with van der Waals surface area (Å²) in [6.45, 7) is 3.38. The molecule has 14 heteroatoms. The van der Waals surface area contributed by atoms with E-state index in [2.05, 4.69) is 63.6 Å². The van der Waals surface area contributed by atoms with Crippen LogP contribution in [0.15, 0.2) is 65.9 Å². The summed E-state index contributed by atoms with van der Waals surface area (Å²) in [6, 6.07) is 16.6. The van der Waals surface area contributed by atoms with Gasteiger partial charge >= 0.3 is 0 Å². The van der Waals surface area contributed by atoms with E-state index in [0.29, 0.717) is 39.0 Å². The standard InChI is InChI=1S/C39H57N7O7/c1-2-3-4-7-23-46(25-31(48)36(51)37(52)32(49)26-47)24-22-42-33(50)18-13-28-11-16-30(17-12-28)29-14-9-27(10-15-29)8-5-6-19-45-38(40)34-35(39(41)53)44-21-20-43-34/h9-12,14-17,20-21,31-32,36-37,47-49,51-52H,2-8,13,18-19,22-26H2,1H3,(H2,40,45)(H2,41,53)(H,42,50)/t31-,32+,36+,37+/m0/s1. The Hall–Kier alpha value is -4.31. The molecule has 3 rings (SSSR count). The van der Waals surface area contributed by atoms with Crippen LogP contribution < -0.4 is 16.8 Å². The predicted octanol–water partition coefficient (Wildman–Crippen LogP) is 1.34. The number of rotatable bonds is 25. The third-order valence-electron chi connectivity index (χ3n) is 9.06. The lowest BCUT2D eigenvalue weighted by Crippen LogP contribution is -2.50. The highest BCUT2D eigenvalue weighted by Gasteiger charge is 2.31. The molecule has 14 nitrogen and oxygen atoms in total. The number of aromatic nitrogens is 2. The second kappa shape index (κ2) is 23.4. The van der Waals surface area contributed by atoms with Crippen molar-refractivity contribution in [1.29, 1.82) is 0 Å². The number of nitrogens with one attached hydrogen (secondary N) is 1. The van der Waals surface area contributed by atoms with Gasteiger partial charge in [-0.25, -0.2) is 9.97 Å². The third kappa shape index (κ3) is 14.9. The van der Waals surface area contributed by atoms with Crippen LogP contribution >= 0.6 is 0 Å². The van der Waals surface area contributed by atoms with Crippen LogP contribution in [0.25, 0.3) is 11.1 Å². The molecule has 10 N–H and O–H groups in total. The van der Waals surface area contributed by atoms with E-state index >= 15 is 0 Å². The molecule has 0 saturated carbocycles. The average molecular weight is 736 g/mol. The monoisotopic (exact) mass is 735 g/mol. The van der Waals surface area contributed by atoms with Crippen molar-refractivity contribution in [2.75, 3.05) is 39.3 Å². The Balaban J connectivity index is 1.40. The van der Waals surface area contributed by atoms with E-state index in [1.165, 1.54) is 18.0 Å². The van der Waals surface area contributed by atoms with Gasteiger partial charge in [0, 0.05) is 45.0 Å². The van der Waals surface area contributed by atoms with Gasteiger partial charge in [0.2, 0.25) is 5.91 Å². The molecular weight excluding hydrogens is 678 g/mol. The van der Waals surface area contributed by atoms with Crippen molar-refractivity contribution in [2.24, 2.45) is 16.5 Å². The lowest BCUT2D eigenvalue weighted by molar-refractivity contribution is -0.121. The molecule has 1 heterocycles. The van der Waals surface area contributed by atoms with Crippen molar-refractivity contribution in [1.82, 2.24) is 20.2 Å². The van der Waals surface area contributed by atoms with Crippen LogP contribution in [0.2, 0.25) is 0 Å². The molecule has 0 fully saturated rings. The molecule has 0 bridgehead atoms. The van der Waals surface area contributed by atoms with Gasteiger partial charge < -0.3 is 42.3 Å². The Morgan fingerprint density at radius 3 is 1.98 bits per heavy atom. The minimum absolute atomic E-state index is 0.00622. The molecule has 0 aliphatic rings. The highest BCUT2D eigenvalue weighted by molar-refractivity contribution is 6.05. The minimum Gasteiger partial charge on any atom is -0.394 e. The molecule has 1 aromatic heterocycles. The number of unbranched alkanes of at least 4 members (excludes halogenated alkanes) is 4. The normalized spacial score (nSPS) is 14.1. The van der Waals surface area contributed by atoms with Crippen molar-refractivity contribution in [2.45, 2.75) is 89.1 Å². The number of amides is 2. The molecule has 2 amide bonds. The zero-order valence-corrected chi connectivity index (χ0v) is 30.7. The number of hydrogen-bond acceptors (Lipinski definition) is 11. The Bertz CT molecular complexity index is 1560. The zero-order chi connectivity index (χ0) is 38.6. The zero-order valence-electron chi connectivity index (χ0n) is 30.7. The summed E-state index contributed by atoms with van der Waals surface area (Å²) in [7, 11) is 0. The van der Waals surface area contributed by atoms with Gasteiger partial charge in [-0.2, -0.15) is 0 Å². The second-order valence-electron chi connectivity index (χ2n) is 13.2. The number of carbonyl (C=O) groups is 2. The van der Waals surface area contributed by atoms with Gasteiger partial charge in [-0.05, 0) is 60.9 Å². The summed E-state index contributed by atoms with van der Waals surface area (Å²) < 4.78 is 0. The van der Waals surface area contributed by atoms with Crippen LogP contribution in [0.4, 0.5) is 0 Å². The Morgan fingerprint density at radius 2 is 1.38 bits per heavy atom. The number of nitrogens with zero attached hydrogens (tertiary/aromatic N) is 4. The van der Waals surface area contributed by atoms with Gasteiger partial charge in [0.15, 0.2) is 5.69 Å². The fourth-order valence-corrected chi connectivity index (χ4v) is 5.84. The molecule has 0 radical (unpaired) electrons. The highest BCUT2D eigenvalue weighted by Crippen LogP contribution is 2.21. The van der Waals surface area contributed by atoms with Crippen LogP contribution in [0.5, 0.6) is 0 Å². The number of benzene rings is 2. The number of hydrogen-bond donors (Lipinski definition) is 8. The van der Waals surface area contributed by atoms with Crippen molar-refractivity contribution in [3.8, 4) is 11.1 Å². The van der Waals surface area contributed by atoms with Crippen molar-refractivity contribution in [3.63, 3.8) is 0 Å². The number of carbonyl (C=O) groups excluding carboxylic acids is 2. The van der Waals surface area contributed by atoms with E-state index in [-0.39, 0.29) is 29.7 Å². The summed E-state index contributed by atoms with van der Waals surface area (Å²) in [4.78, 5) is 38.5. The molecule has 2 aromatic carbocycles. The van der Waals surface area contributed by atoms with Gasteiger partial charge in [-0.15, -0.1) is 0 Å². The van der Waals surface area contributed by atoms with E-state index < -0.39 is 36.9 Å². The van der Waals surface area contributed by atoms with Crippen LogP contribution in [-0.2, 0) is 17.6 Å². The number of primary amides is 1. The largest absolute Gasteiger partial charge is 0.394 e. The molecule has 0 aliphatic heterocycles. The van der Waals surface area contributed by atoms with Crippen LogP contribution in [0, 0.1) is 0 Å². The van der Waals surface area contributed by atoms with Crippen molar-refractivity contribution in [3.05, 3.63) is 83.4 Å². The lowest BCUT2D eigenvalue weighted by Gasteiger charge is -2.30. The Morgan fingerprint density at radius 1 is 0.774 bits per heavy atom. The molecule has 3 aromatic rings. The maximum Gasteiger partial charge on any atom is 0.269 e. The molecule has 4 atom stereocenters. The first-order valence-electron chi connectivity index (χ1n) is 18.5. The van der Waals surface area contributed by atoms with Gasteiger partial charge in [0.1, 0.15) is 29.8 Å². The number of aliphatic hydroxyl groups excluding tert-OH is 5. The molecule has 0 aliphatic carbocycles. The van der Waals surface area contributed by atoms with Gasteiger partial charge in [0.05, 0.1) is 12.7 Å². The molecular formula is C39H57N7O7. The summed E-state index contributed by atoms with van der Waals surface area (Å²) in [5, 5.41) is 52.3. The quantitative estimate of drug-likeness (QED) is 0.0351. The molecule has 290 valence electrons. The number of aliphatic imine (C=N–C) groups is 1. The van der Waals surface area contributed by atoms with Crippen LogP contribution in [-0.4, -0.2) is 122 Å². The molecule has 0 saturated heterocycles. The highest BCUT2D eigenvalue weighted by atomic mass is 16.4. The summed E-state index contributed by atoms with van der Waals surface area (Å²) in [5.74, 6) is -0.644. The number of aliphatic hydroxyl groups is 5. The van der Waals surface area contributed by atoms with Gasteiger partial charge in [-0.1, -0.05) is 74.7 Å². The van der Waals surface area contributed by atoms with Crippen molar-refractivity contribution >= 4 is 17.6 Å². The topological polar surface area (TPSA) is 241 Å². The molecule has 0 spiro atoms. The van der Waals surface area contributed by atoms with Crippen molar-refractivity contribution < 1.29 is 35.1 Å². The van der Waals surface area contributed by atoms with Crippen LogP contribution in [0.1, 0.15) is 79.2 Å². The van der Waals surface area contributed by atoms with Gasteiger partial charge in [-0.3, -0.25) is 19.5 Å². The number of amidine groups is 1. The fourth-order valence-electron chi connectivity index (χ4n) is 5.84. The third-order valence-corrected chi connectivity index (χ3v) is 9.06. The maximum absolute atomic E-state index is 12.6. The van der Waals surface area contributed by atoms with Gasteiger partial charge in [0.25, 0.3) is 5.91 Å². The first-order chi connectivity index (χ1) is 25.5. The van der Waals surface area contributed by atoms with E-state index in [4.69, 9.17) is 16.6 Å². The Kier molecular flexibility index (Phi) is 19.0. The summed E-state index contributed by atoms with van der Waals surface area (Å²) >= 11 is 0. The smallest absolute Gasteiger partial charge is 0.269 e. The maximum atomic E-state index is 12.6. The predicted molar refractivity (Wildman–Crippen MR) is 204 cm³/mol. The van der Waals surface area contributed by atoms with E-state index in [1.807, 2.05) is 17.0 Å². The SMILES string of the molecule is CCCCCCN(CCNC(=O)CCc1ccc(-c2ccc(CCCCN=C(N)c3nccnc3C(N)=O)cc2)cc1)C[C@H](O)[C@@H](O)[C@H](O)[C@H](O)CO. The average Bonchev–Trinajstić information content (AvgIpc) is 3.17. The fraction of sp³-hybridized carbons (Fsp3) is 0.513.